The van der Waals surface area contributed by atoms with Gasteiger partial charge >= 0.3 is 0 Å². The zero-order valence-electron chi connectivity index (χ0n) is 15.5. The highest BCUT2D eigenvalue weighted by Crippen LogP contribution is 2.38. The number of hydrogen-bond acceptors (Lipinski definition) is 2. The zero-order valence-corrected chi connectivity index (χ0v) is 15.5. The maximum Gasteiger partial charge on any atom is 0.106 e. The molecule has 24 heavy (non-hydrogen) atoms. The van der Waals surface area contributed by atoms with Gasteiger partial charge in [-0.2, -0.15) is 0 Å². The third-order valence-corrected chi connectivity index (χ3v) is 6.01. The molecular weight excluding hydrogens is 296 g/mol. The number of hydrogen-bond donors (Lipinski definition) is 0. The molecule has 1 saturated heterocycles. The molecule has 0 spiro atoms. The normalized spacial score (nSPS) is 31.1. The summed E-state index contributed by atoms with van der Waals surface area (Å²) in [6, 6.07) is 9.20. The summed E-state index contributed by atoms with van der Waals surface area (Å²) >= 11 is 0. The van der Waals surface area contributed by atoms with Gasteiger partial charge in [0.2, 0.25) is 0 Å². The lowest BCUT2D eigenvalue weighted by molar-refractivity contribution is -0.135. The fourth-order valence-electron chi connectivity index (χ4n) is 4.23. The Kier molecular flexibility index (Phi) is 6.74. The van der Waals surface area contributed by atoms with Crippen LogP contribution in [0.2, 0.25) is 0 Å². The molecule has 1 heterocycles. The summed E-state index contributed by atoms with van der Waals surface area (Å²) in [5, 5.41) is 0. The summed E-state index contributed by atoms with van der Waals surface area (Å²) in [7, 11) is 0. The Hall–Kier alpha value is -0.860. The highest BCUT2D eigenvalue weighted by molar-refractivity contribution is 5.27. The van der Waals surface area contributed by atoms with Gasteiger partial charge in [0, 0.05) is 0 Å². The van der Waals surface area contributed by atoms with Gasteiger partial charge in [0.05, 0.1) is 19.3 Å². The van der Waals surface area contributed by atoms with Crippen LogP contribution in [-0.4, -0.2) is 19.3 Å². The van der Waals surface area contributed by atoms with Crippen LogP contribution in [0, 0.1) is 5.92 Å². The molecule has 2 heteroatoms. The summed E-state index contributed by atoms with van der Waals surface area (Å²) in [6.07, 6.45) is 11.2. The maximum atomic E-state index is 5.98. The predicted octanol–water partition coefficient (Wildman–Crippen LogP) is 6.02. The van der Waals surface area contributed by atoms with Gasteiger partial charge in [-0.05, 0) is 55.1 Å². The van der Waals surface area contributed by atoms with Crippen LogP contribution in [0.15, 0.2) is 24.3 Å². The van der Waals surface area contributed by atoms with Gasteiger partial charge in [0.15, 0.2) is 0 Å². The molecular formula is C22H34O2. The zero-order chi connectivity index (χ0) is 16.8. The van der Waals surface area contributed by atoms with E-state index in [9.17, 15) is 0 Å². The summed E-state index contributed by atoms with van der Waals surface area (Å²) in [5.74, 6) is 1.75. The van der Waals surface area contributed by atoms with Gasteiger partial charge < -0.3 is 9.47 Å². The molecule has 2 nitrogen and oxygen atoms in total. The van der Waals surface area contributed by atoms with Crippen LogP contribution in [0.5, 0.6) is 0 Å². The molecule has 1 aliphatic heterocycles. The molecule has 0 unspecified atom stereocenters. The van der Waals surface area contributed by atoms with Gasteiger partial charge in [0.25, 0.3) is 0 Å². The Balaban J connectivity index is 1.50. The number of unbranched alkanes of at least 4 members (excludes halogenated alkanes) is 1. The topological polar surface area (TPSA) is 18.5 Å². The lowest BCUT2D eigenvalue weighted by Gasteiger charge is -2.30. The molecule has 3 rings (SSSR count). The molecule has 1 aromatic carbocycles. The van der Waals surface area contributed by atoms with Gasteiger partial charge in [-0.1, -0.05) is 57.4 Å². The van der Waals surface area contributed by atoms with Crippen LogP contribution in [0.25, 0.3) is 0 Å². The fraction of sp³-hybridized carbons (Fsp3) is 0.727. The predicted molar refractivity (Wildman–Crippen MR) is 99.4 cm³/mol. The molecule has 0 radical (unpaired) electrons. The van der Waals surface area contributed by atoms with Crippen molar-refractivity contribution >= 4 is 0 Å². The molecule has 0 N–H and O–H groups in total. The Morgan fingerprint density at radius 2 is 1.58 bits per heavy atom. The van der Waals surface area contributed by atoms with Crippen molar-refractivity contribution < 1.29 is 9.47 Å². The van der Waals surface area contributed by atoms with E-state index in [0.717, 1.165) is 24.9 Å². The van der Waals surface area contributed by atoms with E-state index in [1.807, 2.05) is 0 Å². The number of rotatable bonds is 6. The Labute approximate surface area is 147 Å². The summed E-state index contributed by atoms with van der Waals surface area (Å²) < 4.78 is 11.8. The van der Waals surface area contributed by atoms with Crippen LogP contribution in [0.4, 0.5) is 0 Å². The van der Waals surface area contributed by atoms with Gasteiger partial charge in [-0.3, -0.25) is 0 Å². The van der Waals surface area contributed by atoms with Crippen molar-refractivity contribution in [3.63, 3.8) is 0 Å². The van der Waals surface area contributed by atoms with Crippen LogP contribution in [0.1, 0.15) is 88.4 Å². The van der Waals surface area contributed by atoms with Gasteiger partial charge in [-0.15, -0.1) is 0 Å². The van der Waals surface area contributed by atoms with E-state index in [4.69, 9.17) is 9.47 Å². The minimum atomic E-state index is 0.117. The highest BCUT2D eigenvalue weighted by Gasteiger charge is 2.24. The van der Waals surface area contributed by atoms with Crippen molar-refractivity contribution in [1.82, 2.24) is 0 Å². The lowest BCUT2D eigenvalue weighted by Crippen LogP contribution is -2.30. The third kappa shape index (κ3) is 4.61. The van der Waals surface area contributed by atoms with Crippen LogP contribution in [-0.2, 0) is 9.47 Å². The smallest absolute Gasteiger partial charge is 0.106 e. The fourth-order valence-corrected chi connectivity index (χ4v) is 4.23. The van der Waals surface area contributed by atoms with E-state index in [1.165, 1.54) is 56.1 Å². The molecule has 2 atom stereocenters. The first-order valence-electron chi connectivity index (χ1n) is 10.1. The molecule has 1 saturated carbocycles. The third-order valence-electron chi connectivity index (χ3n) is 6.01. The Morgan fingerprint density at radius 1 is 0.875 bits per heavy atom. The minimum Gasteiger partial charge on any atom is -0.373 e. The Morgan fingerprint density at radius 3 is 2.17 bits per heavy atom. The van der Waals surface area contributed by atoms with Crippen molar-refractivity contribution in [1.29, 1.82) is 0 Å². The average molecular weight is 331 g/mol. The molecule has 0 amide bonds. The van der Waals surface area contributed by atoms with Gasteiger partial charge in [0.1, 0.15) is 6.10 Å². The SMILES string of the molecule is CCCCC1CCC(c2ccc([C@@H]3CO[C@@H](CC)CO3)cc2)CC1. The summed E-state index contributed by atoms with van der Waals surface area (Å²) in [4.78, 5) is 0. The van der Waals surface area contributed by atoms with Crippen LogP contribution in [0.3, 0.4) is 0 Å². The first-order valence-corrected chi connectivity index (χ1v) is 10.1. The van der Waals surface area contributed by atoms with E-state index in [-0.39, 0.29) is 12.2 Å². The first-order chi connectivity index (χ1) is 11.8. The summed E-state index contributed by atoms with van der Waals surface area (Å²) in [6.45, 7) is 5.88. The minimum absolute atomic E-state index is 0.117. The lowest BCUT2D eigenvalue weighted by atomic mass is 9.77. The maximum absolute atomic E-state index is 5.98. The van der Waals surface area contributed by atoms with E-state index in [1.54, 1.807) is 0 Å². The second kappa shape index (κ2) is 9.01. The molecule has 1 aromatic rings. The second-order valence-corrected chi connectivity index (χ2v) is 7.71. The number of ether oxygens (including phenoxy) is 2. The standard InChI is InChI=1S/C22H34O2/c1-3-5-6-17-7-9-18(10-8-17)19-11-13-20(14-12-19)22-16-23-21(4-2)15-24-22/h11-14,17-18,21-22H,3-10,15-16H2,1-2H3/t17?,18?,21-,22-/m0/s1. The molecule has 0 aromatic heterocycles. The molecule has 0 bridgehead atoms. The van der Waals surface area contributed by atoms with Crippen LogP contribution < -0.4 is 0 Å². The molecule has 2 fully saturated rings. The van der Waals surface area contributed by atoms with Gasteiger partial charge in [-0.25, -0.2) is 0 Å². The Bertz CT molecular complexity index is 465. The second-order valence-electron chi connectivity index (χ2n) is 7.71. The van der Waals surface area contributed by atoms with E-state index >= 15 is 0 Å². The number of benzene rings is 1. The summed E-state index contributed by atoms with van der Waals surface area (Å²) in [5.41, 5.74) is 2.79. The van der Waals surface area contributed by atoms with E-state index in [2.05, 4.69) is 38.1 Å². The molecule has 2 aliphatic rings. The van der Waals surface area contributed by atoms with Crippen LogP contribution >= 0.6 is 0 Å². The van der Waals surface area contributed by atoms with Crippen molar-refractivity contribution in [2.45, 2.75) is 83.3 Å². The van der Waals surface area contributed by atoms with Crippen molar-refractivity contribution in [2.75, 3.05) is 13.2 Å². The average Bonchev–Trinajstić information content (AvgIpc) is 2.67. The quantitative estimate of drug-likeness (QED) is 0.635. The highest BCUT2D eigenvalue weighted by atomic mass is 16.6. The van der Waals surface area contributed by atoms with Crippen molar-refractivity contribution in [3.8, 4) is 0 Å². The van der Waals surface area contributed by atoms with Crippen molar-refractivity contribution in [2.24, 2.45) is 5.92 Å². The molecule has 134 valence electrons. The largest absolute Gasteiger partial charge is 0.373 e. The van der Waals surface area contributed by atoms with Crippen molar-refractivity contribution in [3.05, 3.63) is 35.4 Å². The monoisotopic (exact) mass is 330 g/mol. The first kappa shape index (κ1) is 17.9. The molecule has 1 aliphatic carbocycles. The van der Waals surface area contributed by atoms with E-state index in [0.29, 0.717) is 6.61 Å². The van der Waals surface area contributed by atoms with E-state index < -0.39 is 0 Å².